The molecule has 0 aliphatic carbocycles. The lowest BCUT2D eigenvalue weighted by Crippen LogP contribution is -2.07. The van der Waals surface area contributed by atoms with E-state index in [0.717, 1.165) is 0 Å². The maximum Gasteiger partial charge on any atom is 0.336 e. The summed E-state index contributed by atoms with van der Waals surface area (Å²) >= 11 is 0. The summed E-state index contributed by atoms with van der Waals surface area (Å²) in [5.74, 6) is -1.53. The SMILES string of the molecule is CCOCc1c(C(=O)O)ccc(F)c1-c1ccccc1. The van der Waals surface area contributed by atoms with Crippen molar-refractivity contribution in [2.75, 3.05) is 6.61 Å². The summed E-state index contributed by atoms with van der Waals surface area (Å²) in [6.07, 6.45) is 0. The van der Waals surface area contributed by atoms with Crippen LogP contribution in [0.2, 0.25) is 0 Å². The first kappa shape index (κ1) is 14.2. The number of hydrogen-bond donors (Lipinski definition) is 1. The molecule has 0 spiro atoms. The number of hydrogen-bond acceptors (Lipinski definition) is 2. The zero-order valence-electron chi connectivity index (χ0n) is 11.1. The van der Waals surface area contributed by atoms with Gasteiger partial charge in [0.1, 0.15) is 5.82 Å². The lowest BCUT2D eigenvalue weighted by molar-refractivity contribution is 0.0688. The molecule has 0 saturated heterocycles. The predicted molar refractivity (Wildman–Crippen MR) is 74.1 cm³/mol. The number of benzene rings is 2. The maximum atomic E-state index is 14.2. The predicted octanol–water partition coefficient (Wildman–Crippen LogP) is 3.73. The Hall–Kier alpha value is -2.20. The number of rotatable bonds is 5. The summed E-state index contributed by atoms with van der Waals surface area (Å²) in [6, 6.07) is 11.3. The first-order valence-electron chi connectivity index (χ1n) is 6.33. The van der Waals surface area contributed by atoms with Crippen molar-refractivity contribution >= 4 is 5.97 Å². The molecule has 0 amide bonds. The highest BCUT2D eigenvalue weighted by Gasteiger charge is 2.19. The van der Waals surface area contributed by atoms with Crippen molar-refractivity contribution in [1.82, 2.24) is 0 Å². The minimum Gasteiger partial charge on any atom is -0.478 e. The van der Waals surface area contributed by atoms with Crippen molar-refractivity contribution in [3.8, 4) is 11.1 Å². The Bertz CT molecular complexity index is 609. The molecule has 0 saturated carbocycles. The van der Waals surface area contributed by atoms with Crippen molar-refractivity contribution < 1.29 is 19.0 Å². The molecule has 104 valence electrons. The summed E-state index contributed by atoms with van der Waals surface area (Å²) in [5, 5.41) is 9.25. The maximum absolute atomic E-state index is 14.2. The normalized spacial score (nSPS) is 10.5. The Kier molecular flexibility index (Phi) is 4.48. The summed E-state index contributed by atoms with van der Waals surface area (Å²) in [6.45, 7) is 2.31. The quantitative estimate of drug-likeness (QED) is 0.903. The summed E-state index contributed by atoms with van der Waals surface area (Å²) in [5.41, 5.74) is 1.37. The van der Waals surface area contributed by atoms with Crippen molar-refractivity contribution in [1.29, 1.82) is 0 Å². The standard InChI is InChI=1S/C16H15FO3/c1-2-20-10-13-12(16(18)19)8-9-14(17)15(13)11-6-4-3-5-7-11/h3-9H,2,10H2,1H3,(H,18,19). The Morgan fingerprint density at radius 2 is 1.90 bits per heavy atom. The second kappa shape index (κ2) is 6.30. The molecule has 0 atom stereocenters. The molecule has 0 unspecified atom stereocenters. The van der Waals surface area contributed by atoms with Gasteiger partial charge in [-0.2, -0.15) is 0 Å². The van der Waals surface area contributed by atoms with Crippen LogP contribution in [0.1, 0.15) is 22.8 Å². The van der Waals surface area contributed by atoms with Crippen molar-refractivity contribution in [2.45, 2.75) is 13.5 Å². The number of carboxylic acid groups (broad SMARTS) is 1. The van der Waals surface area contributed by atoms with E-state index >= 15 is 0 Å². The molecule has 0 radical (unpaired) electrons. The number of ether oxygens (including phenoxy) is 1. The highest BCUT2D eigenvalue weighted by molar-refractivity contribution is 5.92. The Morgan fingerprint density at radius 1 is 1.20 bits per heavy atom. The van der Waals surface area contributed by atoms with Crippen LogP contribution in [-0.2, 0) is 11.3 Å². The largest absolute Gasteiger partial charge is 0.478 e. The van der Waals surface area contributed by atoms with Crippen molar-refractivity contribution in [3.05, 3.63) is 59.4 Å². The molecular formula is C16H15FO3. The minimum absolute atomic E-state index is 0.0682. The Balaban J connectivity index is 2.64. The number of carboxylic acids is 1. The fourth-order valence-electron chi connectivity index (χ4n) is 2.09. The van der Waals surface area contributed by atoms with Gasteiger partial charge in [-0.05, 0) is 24.6 Å². The highest BCUT2D eigenvalue weighted by Crippen LogP contribution is 2.30. The van der Waals surface area contributed by atoms with Crippen LogP contribution in [0, 0.1) is 5.82 Å². The third-order valence-corrected chi connectivity index (χ3v) is 3.01. The van der Waals surface area contributed by atoms with Gasteiger partial charge < -0.3 is 9.84 Å². The molecule has 2 rings (SSSR count). The van der Waals surface area contributed by atoms with Crippen LogP contribution >= 0.6 is 0 Å². The van der Waals surface area contributed by atoms with Gasteiger partial charge in [0.05, 0.1) is 12.2 Å². The fourth-order valence-corrected chi connectivity index (χ4v) is 2.09. The fraction of sp³-hybridized carbons (Fsp3) is 0.188. The average Bonchev–Trinajstić information content (AvgIpc) is 2.45. The van der Waals surface area contributed by atoms with E-state index in [4.69, 9.17) is 4.74 Å². The summed E-state index contributed by atoms with van der Waals surface area (Å²) in [7, 11) is 0. The minimum atomic E-state index is -1.09. The van der Waals surface area contributed by atoms with Gasteiger partial charge in [0.15, 0.2) is 0 Å². The highest BCUT2D eigenvalue weighted by atomic mass is 19.1. The van der Waals surface area contributed by atoms with Crippen LogP contribution in [-0.4, -0.2) is 17.7 Å². The van der Waals surface area contributed by atoms with Crippen molar-refractivity contribution in [2.24, 2.45) is 0 Å². The van der Waals surface area contributed by atoms with E-state index < -0.39 is 11.8 Å². The zero-order chi connectivity index (χ0) is 14.5. The Morgan fingerprint density at radius 3 is 2.50 bits per heavy atom. The van der Waals surface area contributed by atoms with E-state index in [2.05, 4.69) is 0 Å². The van der Waals surface area contributed by atoms with Gasteiger partial charge in [-0.3, -0.25) is 0 Å². The molecule has 0 aromatic heterocycles. The van der Waals surface area contributed by atoms with Crippen LogP contribution in [0.15, 0.2) is 42.5 Å². The molecule has 20 heavy (non-hydrogen) atoms. The second-order valence-electron chi connectivity index (χ2n) is 4.26. The van der Waals surface area contributed by atoms with Gasteiger partial charge in [0.25, 0.3) is 0 Å². The number of carbonyl (C=O) groups is 1. The molecule has 0 aliphatic rings. The average molecular weight is 274 g/mol. The zero-order valence-corrected chi connectivity index (χ0v) is 11.1. The molecule has 2 aromatic carbocycles. The first-order chi connectivity index (χ1) is 9.65. The number of aromatic carboxylic acids is 1. The molecule has 0 heterocycles. The van der Waals surface area contributed by atoms with Crippen molar-refractivity contribution in [3.63, 3.8) is 0 Å². The van der Waals surface area contributed by atoms with Crippen LogP contribution in [0.25, 0.3) is 11.1 Å². The van der Waals surface area contributed by atoms with E-state index in [9.17, 15) is 14.3 Å². The molecule has 1 N–H and O–H groups in total. The topological polar surface area (TPSA) is 46.5 Å². The molecule has 0 aliphatic heterocycles. The van der Waals surface area contributed by atoms with Crippen LogP contribution in [0.3, 0.4) is 0 Å². The van der Waals surface area contributed by atoms with E-state index in [1.165, 1.54) is 12.1 Å². The van der Waals surface area contributed by atoms with Gasteiger partial charge in [-0.15, -0.1) is 0 Å². The van der Waals surface area contributed by atoms with Gasteiger partial charge in [-0.1, -0.05) is 30.3 Å². The third-order valence-electron chi connectivity index (χ3n) is 3.01. The van der Waals surface area contributed by atoms with Crippen LogP contribution < -0.4 is 0 Å². The van der Waals surface area contributed by atoms with E-state index in [0.29, 0.717) is 23.3 Å². The molecule has 4 heteroatoms. The van der Waals surface area contributed by atoms with Gasteiger partial charge in [-0.25, -0.2) is 9.18 Å². The van der Waals surface area contributed by atoms with Crippen LogP contribution in [0.4, 0.5) is 4.39 Å². The monoisotopic (exact) mass is 274 g/mol. The molecule has 2 aromatic rings. The second-order valence-corrected chi connectivity index (χ2v) is 4.26. The van der Waals surface area contributed by atoms with Gasteiger partial charge >= 0.3 is 5.97 Å². The Labute approximate surface area is 116 Å². The molecular weight excluding hydrogens is 259 g/mol. The molecule has 0 bridgehead atoms. The van der Waals surface area contributed by atoms with Crippen LogP contribution in [0.5, 0.6) is 0 Å². The molecule has 0 fully saturated rings. The van der Waals surface area contributed by atoms with E-state index in [-0.39, 0.29) is 12.2 Å². The summed E-state index contributed by atoms with van der Waals surface area (Å²) in [4.78, 5) is 11.3. The molecule has 3 nitrogen and oxygen atoms in total. The third kappa shape index (κ3) is 2.86. The number of halogens is 1. The lowest BCUT2D eigenvalue weighted by Gasteiger charge is -2.14. The van der Waals surface area contributed by atoms with Gasteiger partial charge in [0.2, 0.25) is 0 Å². The summed E-state index contributed by atoms with van der Waals surface area (Å²) < 4.78 is 19.5. The van der Waals surface area contributed by atoms with E-state index in [1.54, 1.807) is 24.3 Å². The smallest absolute Gasteiger partial charge is 0.336 e. The van der Waals surface area contributed by atoms with Gasteiger partial charge in [0, 0.05) is 17.7 Å². The van der Waals surface area contributed by atoms with E-state index in [1.807, 2.05) is 13.0 Å². The lowest BCUT2D eigenvalue weighted by atomic mass is 9.95. The first-order valence-corrected chi connectivity index (χ1v) is 6.33.